The van der Waals surface area contributed by atoms with Crippen molar-refractivity contribution in [2.24, 2.45) is 0 Å². The third kappa shape index (κ3) is 3.80. The van der Waals surface area contributed by atoms with Crippen LogP contribution in [0, 0.1) is 6.92 Å². The fourth-order valence-corrected chi connectivity index (χ4v) is 3.48. The zero-order chi connectivity index (χ0) is 16.4. The van der Waals surface area contributed by atoms with E-state index in [1.165, 1.54) is 6.26 Å². The van der Waals surface area contributed by atoms with E-state index in [0.29, 0.717) is 17.9 Å². The number of amides is 1. The van der Waals surface area contributed by atoms with Crippen molar-refractivity contribution in [2.45, 2.75) is 37.2 Å². The molecule has 2 N–H and O–H groups in total. The van der Waals surface area contributed by atoms with Gasteiger partial charge in [-0.2, -0.15) is 0 Å². The van der Waals surface area contributed by atoms with Crippen molar-refractivity contribution in [3.8, 4) is 0 Å². The SMILES string of the molecule is Cc1occc1C(=O)NCc1ccc(S(=O)(=O)NC2CC2)cc1. The fourth-order valence-electron chi connectivity index (χ4n) is 2.17. The molecule has 1 amide bonds. The molecule has 1 aliphatic rings. The quantitative estimate of drug-likeness (QED) is 0.845. The molecule has 1 aromatic heterocycles. The molecule has 122 valence electrons. The lowest BCUT2D eigenvalue weighted by Gasteiger charge is -2.08. The molecule has 0 unspecified atom stereocenters. The molecule has 0 atom stereocenters. The van der Waals surface area contributed by atoms with E-state index in [9.17, 15) is 13.2 Å². The Hall–Kier alpha value is -2.12. The van der Waals surface area contributed by atoms with Crippen molar-refractivity contribution in [3.63, 3.8) is 0 Å². The maximum absolute atomic E-state index is 12.1. The van der Waals surface area contributed by atoms with Gasteiger partial charge in [-0.1, -0.05) is 12.1 Å². The summed E-state index contributed by atoms with van der Waals surface area (Å²) in [5.74, 6) is 0.346. The molecule has 1 saturated carbocycles. The Morgan fingerprint density at radius 3 is 2.48 bits per heavy atom. The van der Waals surface area contributed by atoms with Gasteiger partial charge in [0.15, 0.2) is 0 Å². The number of nitrogens with one attached hydrogen (secondary N) is 2. The number of carbonyl (C=O) groups excluding carboxylic acids is 1. The first-order valence-electron chi connectivity index (χ1n) is 7.39. The zero-order valence-corrected chi connectivity index (χ0v) is 13.5. The molecule has 0 aliphatic heterocycles. The maximum atomic E-state index is 12.1. The highest BCUT2D eigenvalue weighted by molar-refractivity contribution is 7.89. The molecule has 0 radical (unpaired) electrons. The molecule has 1 heterocycles. The number of rotatable bonds is 6. The van der Waals surface area contributed by atoms with E-state index in [2.05, 4.69) is 10.0 Å². The Bertz CT molecular complexity index is 805. The molecule has 1 aliphatic carbocycles. The largest absolute Gasteiger partial charge is 0.469 e. The van der Waals surface area contributed by atoms with Crippen LogP contribution in [0.4, 0.5) is 0 Å². The fraction of sp³-hybridized carbons (Fsp3) is 0.312. The lowest BCUT2D eigenvalue weighted by molar-refractivity contribution is 0.0949. The van der Waals surface area contributed by atoms with Gasteiger partial charge in [-0.3, -0.25) is 4.79 Å². The Morgan fingerprint density at radius 1 is 1.22 bits per heavy atom. The minimum atomic E-state index is -3.44. The summed E-state index contributed by atoms with van der Waals surface area (Å²) in [4.78, 5) is 12.2. The van der Waals surface area contributed by atoms with E-state index in [0.717, 1.165) is 18.4 Å². The van der Waals surface area contributed by atoms with E-state index in [1.54, 1.807) is 37.3 Å². The van der Waals surface area contributed by atoms with Gasteiger partial charge in [0, 0.05) is 12.6 Å². The molecule has 0 saturated heterocycles. The van der Waals surface area contributed by atoms with Crippen LogP contribution < -0.4 is 10.0 Å². The Labute approximate surface area is 134 Å². The topological polar surface area (TPSA) is 88.4 Å². The molecule has 7 heteroatoms. The lowest BCUT2D eigenvalue weighted by Crippen LogP contribution is -2.26. The second-order valence-electron chi connectivity index (χ2n) is 5.61. The second-order valence-corrected chi connectivity index (χ2v) is 7.33. The van der Waals surface area contributed by atoms with Crippen LogP contribution in [0.25, 0.3) is 0 Å². The van der Waals surface area contributed by atoms with Crippen LogP contribution in [-0.2, 0) is 16.6 Å². The zero-order valence-electron chi connectivity index (χ0n) is 12.7. The van der Waals surface area contributed by atoms with Crippen LogP contribution in [-0.4, -0.2) is 20.4 Å². The smallest absolute Gasteiger partial charge is 0.255 e. The first kappa shape index (κ1) is 15.8. The molecule has 0 bridgehead atoms. The Morgan fingerprint density at radius 2 is 1.91 bits per heavy atom. The maximum Gasteiger partial charge on any atom is 0.255 e. The highest BCUT2D eigenvalue weighted by atomic mass is 32.2. The van der Waals surface area contributed by atoms with E-state index in [1.807, 2.05) is 0 Å². The van der Waals surface area contributed by atoms with Crippen LogP contribution in [0.2, 0.25) is 0 Å². The van der Waals surface area contributed by atoms with Gasteiger partial charge < -0.3 is 9.73 Å². The highest BCUT2D eigenvalue weighted by Gasteiger charge is 2.27. The summed E-state index contributed by atoms with van der Waals surface area (Å²) < 4.78 is 31.8. The van der Waals surface area contributed by atoms with Gasteiger partial charge in [0.1, 0.15) is 5.76 Å². The predicted molar refractivity (Wildman–Crippen MR) is 84.4 cm³/mol. The van der Waals surface area contributed by atoms with Crippen molar-refractivity contribution in [3.05, 3.63) is 53.5 Å². The molecular formula is C16H18N2O4S. The second kappa shape index (κ2) is 6.17. The van der Waals surface area contributed by atoms with Gasteiger partial charge in [0.25, 0.3) is 5.91 Å². The van der Waals surface area contributed by atoms with E-state index >= 15 is 0 Å². The molecule has 2 aromatic rings. The number of furan rings is 1. The van der Waals surface area contributed by atoms with Gasteiger partial charge in [-0.15, -0.1) is 0 Å². The van der Waals surface area contributed by atoms with Crippen molar-refractivity contribution in [2.75, 3.05) is 0 Å². The van der Waals surface area contributed by atoms with E-state index in [4.69, 9.17) is 4.42 Å². The highest BCUT2D eigenvalue weighted by Crippen LogP contribution is 2.22. The third-order valence-electron chi connectivity index (χ3n) is 3.69. The summed E-state index contributed by atoms with van der Waals surface area (Å²) in [6.07, 6.45) is 3.27. The first-order valence-corrected chi connectivity index (χ1v) is 8.87. The Balaban J connectivity index is 1.61. The number of benzene rings is 1. The van der Waals surface area contributed by atoms with Crippen molar-refractivity contribution in [1.82, 2.24) is 10.0 Å². The van der Waals surface area contributed by atoms with E-state index in [-0.39, 0.29) is 16.8 Å². The number of hydrogen-bond donors (Lipinski definition) is 2. The number of carbonyl (C=O) groups is 1. The van der Waals surface area contributed by atoms with Crippen LogP contribution in [0.5, 0.6) is 0 Å². The number of sulfonamides is 1. The standard InChI is InChI=1S/C16H18N2O4S/c1-11-15(8-9-22-11)16(19)17-10-12-2-6-14(7-3-12)23(20,21)18-13-4-5-13/h2-3,6-9,13,18H,4-5,10H2,1H3,(H,17,19). The number of aryl methyl sites for hydroxylation is 1. The van der Waals surface area contributed by atoms with Gasteiger partial charge in [-0.25, -0.2) is 13.1 Å². The summed E-state index contributed by atoms with van der Waals surface area (Å²) in [5, 5.41) is 2.78. The molecule has 1 fully saturated rings. The van der Waals surface area contributed by atoms with Crippen LogP contribution in [0.1, 0.15) is 34.5 Å². The summed E-state index contributed by atoms with van der Waals surface area (Å²) in [7, 11) is -3.44. The third-order valence-corrected chi connectivity index (χ3v) is 5.23. The van der Waals surface area contributed by atoms with E-state index < -0.39 is 10.0 Å². The van der Waals surface area contributed by atoms with Crippen molar-refractivity contribution < 1.29 is 17.6 Å². The minimum absolute atomic E-state index is 0.0807. The van der Waals surface area contributed by atoms with Gasteiger partial charge in [0.05, 0.1) is 16.7 Å². The molecular weight excluding hydrogens is 316 g/mol. The van der Waals surface area contributed by atoms with Crippen molar-refractivity contribution >= 4 is 15.9 Å². The molecule has 0 spiro atoms. The number of hydrogen-bond acceptors (Lipinski definition) is 4. The lowest BCUT2D eigenvalue weighted by atomic mass is 10.2. The minimum Gasteiger partial charge on any atom is -0.469 e. The van der Waals surface area contributed by atoms with Crippen molar-refractivity contribution in [1.29, 1.82) is 0 Å². The summed E-state index contributed by atoms with van der Waals surface area (Å²) in [5.41, 5.74) is 1.32. The van der Waals surface area contributed by atoms with Crippen LogP contribution in [0.3, 0.4) is 0 Å². The summed E-state index contributed by atoms with van der Waals surface area (Å²) in [6, 6.07) is 8.19. The van der Waals surface area contributed by atoms with Gasteiger partial charge in [0.2, 0.25) is 10.0 Å². The first-order chi connectivity index (χ1) is 11.0. The van der Waals surface area contributed by atoms with Crippen LogP contribution >= 0.6 is 0 Å². The molecule has 6 nitrogen and oxygen atoms in total. The van der Waals surface area contributed by atoms with Crippen LogP contribution in [0.15, 0.2) is 45.9 Å². The normalized spacial score (nSPS) is 14.7. The Kier molecular flexibility index (Phi) is 4.23. The monoisotopic (exact) mass is 334 g/mol. The predicted octanol–water partition coefficient (Wildman–Crippen LogP) is 1.96. The molecule has 1 aromatic carbocycles. The molecule has 23 heavy (non-hydrogen) atoms. The average Bonchev–Trinajstić information content (AvgIpc) is 3.22. The average molecular weight is 334 g/mol. The molecule has 3 rings (SSSR count). The summed E-state index contributed by atoms with van der Waals surface area (Å²) >= 11 is 0. The van der Waals surface area contributed by atoms with Gasteiger partial charge in [-0.05, 0) is 43.5 Å². The summed E-state index contributed by atoms with van der Waals surface area (Å²) in [6.45, 7) is 2.04. The van der Waals surface area contributed by atoms with Gasteiger partial charge >= 0.3 is 0 Å².